The summed E-state index contributed by atoms with van der Waals surface area (Å²) in [6, 6.07) is 0. The predicted molar refractivity (Wildman–Crippen MR) is 64.7 cm³/mol. The Morgan fingerprint density at radius 1 is 1.33 bits per heavy atom. The van der Waals surface area contributed by atoms with E-state index < -0.39 is 0 Å². The molecule has 1 aliphatic rings. The first kappa shape index (κ1) is 12.1. The van der Waals surface area contributed by atoms with Crippen LogP contribution in [0.3, 0.4) is 0 Å². The van der Waals surface area contributed by atoms with E-state index in [1.165, 1.54) is 5.57 Å². The van der Waals surface area contributed by atoms with Crippen LogP contribution in [0.15, 0.2) is 35.6 Å². The summed E-state index contributed by atoms with van der Waals surface area (Å²) < 4.78 is 5.70. The average molecular weight is 207 g/mol. The fraction of sp³-hybridized carbons (Fsp3) is 0.538. The van der Waals surface area contributed by atoms with E-state index >= 15 is 0 Å². The van der Waals surface area contributed by atoms with Gasteiger partial charge in [0, 0.05) is 13.0 Å². The van der Waals surface area contributed by atoms with Gasteiger partial charge >= 0.3 is 0 Å². The van der Waals surface area contributed by atoms with E-state index in [2.05, 4.69) is 50.2 Å². The lowest BCUT2D eigenvalue weighted by Gasteiger charge is -2.11. The van der Waals surface area contributed by atoms with Crippen LogP contribution in [0.5, 0.6) is 0 Å². The van der Waals surface area contributed by atoms with Crippen LogP contribution in [0.4, 0.5) is 0 Å². The molecule has 15 heavy (non-hydrogen) atoms. The van der Waals surface area contributed by atoms with Crippen molar-refractivity contribution in [3.8, 4) is 0 Å². The molecule has 0 aromatic heterocycles. The van der Waals surface area contributed by atoms with Gasteiger partial charge in [0.25, 0.3) is 0 Å². The van der Waals surface area contributed by atoms with Gasteiger partial charge < -0.3 is 9.64 Å². The molecule has 0 bridgehead atoms. The van der Waals surface area contributed by atoms with E-state index in [-0.39, 0.29) is 0 Å². The molecule has 0 amide bonds. The summed E-state index contributed by atoms with van der Waals surface area (Å²) in [5.41, 5.74) is 1.28. The number of ether oxygens (including phenoxy) is 1. The maximum atomic E-state index is 5.70. The lowest BCUT2D eigenvalue weighted by Crippen LogP contribution is -2.14. The van der Waals surface area contributed by atoms with Crippen molar-refractivity contribution in [2.75, 3.05) is 27.2 Å². The van der Waals surface area contributed by atoms with Crippen LogP contribution in [0.1, 0.15) is 19.8 Å². The minimum absolute atomic E-state index is 0.810. The van der Waals surface area contributed by atoms with Crippen LogP contribution in [0, 0.1) is 0 Å². The molecule has 1 aliphatic carbocycles. The summed E-state index contributed by atoms with van der Waals surface area (Å²) in [6.45, 7) is 3.99. The van der Waals surface area contributed by atoms with Gasteiger partial charge in [-0.3, -0.25) is 0 Å². The Hall–Kier alpha value is -1.02. The molecule has 0 heterocycles. The van der Waals surface area contributed by atoms with Crippen molar-refractivity contribution in [1.29, 1.82) is 0 Å². The minimum Gasteiger partial charge on any atom is -0.498 e. The maximum Gasteiger partial charge on any atom is 0.0997 e. The number of hydrogen-bond donors (Lipinski definition) is 0. The quantitative estimate of drug-likeness (QED) is 0.643. The van der Waals surface area contributed by atoms with Crippen LogP contribution < -0.4 is 0 Å². The molecular weight excluding hydrogens is 186 g/mol. The Morgan fingerprint density at radius 3 is 2.87 bits per heavy atom. The number of rotatable bonds is 5. The normalized spacial score (nSPS) is 16.0. The Labute approximate surface area is 92.9 Å². The highest BCUT2D eigenvalue weighted by Gasteiger charge is 1.98. The summed E-state index contributed by atoms with van der Waals surface area (Å²) in [7, 11) is 4.17. The summed E-state index contributed by atoms with van der Waals surface area (Å²) in [6.07, 6.45) is 10.5. The lowest BCUT2D eigenvalue weighted by atomic mass is 10.3. The smallest absolute Gasteiger partial charge is 0.0997 e. The van der Waals surface area contributed by atoms with Gasteiger partial charge in [0.05, 0.1) is 12.4 Å². The summed E-state index contributed by atoms with van der Waals surface area (Å²) in [4.78, 5) is 2.18. The highest BCUT2D eigenvalue weighted by Crippen LogP contribution is 2.12. The van der Waals surface area contributed by atoms with E-state index in [9.17, 15) is 0 Å². The highest BCUT2D eigenvalue weighted by atomic mass is 16.5. The molecule has 0 aromatic carbocycles. The third-order valence-electron chi connectivity index (χ3n) is 2.27. The van der Waals surface area contributed by atoms with E-state index in [4.69, 9.17) is 4.74 Å². The van der Waals surface area contributed by atoms with Crippen molar-refractivity contribution in [2.45, 2.75) is 19.8 Å². The summed E-state index contributed by atoms with van der Waals surface area (Å²) in [5.74, 6) is 1.07. The van der Waals surface area contributed by atoms with Crippen molar-refractivity contribution < 1.29 is 4.74 Å². The Morgan fingerprint density at radius 2 is 2.13 bits per heavy atom. The van der Waals surface area contributed by atoms with Gasteiger partial charge in [-0.1, -0.05) is 23.8 Å². The lowest BCUT2D eigenvalue weighted by molar-refractivity contribution is 0.193. The molecule has 2 nitrogen and oxygen atoms in total. The first-order valence-corrected chi connectivity index (χ1v) is 5.50. The standard InChI is InChI=1S/C13H21NO/c1-12-6-4-7-13(9-8-12)15-11-5-10-14(2)3/h4,6,8-9H,5,7,10-11H2,1-3H3. The molecule has 0 fully saturated rings. The van der Waals surface area contributed by atoms with Gasteiger partial charge in [0.2, 0.25) is 0 Å². The molecule has 0 atom stereocenters. The van der Waals surface area contributed by atoms with E-state index in [1.807, 2.05) is 0 Å². The second kappa shape index (κ2) is 6.46. The van der Waals surface area contributed by atoms with Gasteiger partial charge in [-0.25, -0.2) is 0 Å². The SMILES string of the molecule is CC1=CC=C(OCCCN(C)C)CC=C1. The van der Waals surface area contributed by atoms with Crippen LogP contribution in [-0.4, -0.2) is 32.1 Å². The van der Waals surface area contributed by atoms with Crippen molar-refractivity contribution in [3.63, 3.8) is 0 Å². The minimum atomic E-state index is 0.810. The fourth-order valence-corrected chi connectivity index (χ4v) is 1.40. The van der Waals surface area contributed by atoms with Crippen molar-refractivity contribution in [3.05, 3.63) is 35.6 Å². The van der Waals surface area contributed by atoms with Gasteiger partial charge in [0.1, 0.15) is 0 Å². The molecule has 1 rings (SSSR count). The monoisotopic (exact) mass is 207 g/mol. The van der Waals surface area contributed by atoms with Crippen LogP contribution in [0.2, 0.25) is 0 Å². The molecule has 84 valence electrons. The van der Waals surface area contributed by atoms with E-state index in [0.29, 0.717) is 0 Å². The van der Waals surface area contributed by atoms with Crippen molar-refractivity contribution in [1.82, 2.24) is 4.90 Å². The van der Waals surface area contributed by atoms with E-state index in [1.54, 1.807) is 0 Å². The van der Waals surface area contributed by atoms with E-state index in [0.717, 1.165) is 31.8 Å². The van der Waals surface area contributed by atoms with Crippen molar-refractivity contribution in [2.24, 2.45) is 0 Å². The number of hydrogen-bond acceptors (Lipinski definition) is 2. The Bertz CT molecular complexity index is 274. The molecule has 0 aliphatic heterocycles. The third-order valence-corrected chi connectivity index (χ3v) is 2.27. The van der Waals surface area contributed by atoms with Gasteiger partial charge in [-0.05, 0) is 33.5 Å². The summed E-state index contributed by atoms with van der Waals surface area (Å²) >= 11 is 0. The fourth-order valence-electron chi connectivity index (χ4n) is 1.40. The Kier molecular flexibility index (Phi) is 5.19. The second-order valence-corrected chi connectivity index (χ2v) is 4.16. The van der Waals surface area contributed by atoms with Crippen LogP contribution in [0.25, 0.3) is 0 Å². The number of allylic oxidation sites excluding steroid dienone is 5. The average Bonchev–Trinajstić information content (AvgIpc) is 2.38. The first-order chi connectivity index (χ1) is 7.18. The third kappa shape index (κ3) is 5.43. The molecular formula is C13H21NO. The topological polar surface area (TPSA) is 12.5 Å². The molecule has 0 N–H and O–H groups in total. The Balaban J connectivity index is 2.24. The molecule has 0 radical (unpaired) electrons. The largest absolute Gasteiger partial charge is 0.498 e. The number of nitrogens with zero attached hydrogens (tertiary/aromatic N) is 1. The van der Waals surface area contributed by atoms with Gasteiger partial charge in [0.15, 0.2) is 0 Å². The molecule has 0 saturated heterocycles. The zero-order valence-corrected chi connectivity index (χ0v) is 9.99. The van der Waals surface area contributed by atoms with Gasteiger partial charge in [-0.2, -0.15) is 0 Å². The molecule has 0 spiro atoms. The predicted octanol–water partition coefficient (Wildman–Crippen LogP) is 2.74. The zero-order valence-electron chi connectivity index (χ0n) is 9.99. The van der Waals surface area contributed by atoms with Crippen molar-refractivity contribution >= 4 is 0 Å². The first-order valence-electron chi connectivity index (χ1n) is 5.50. The molecule has 2 heteroatoms. The zero-order chi connectivity index (χ0) is 11.1. The summed E-state index contributed by atoms with van der Waals surface area (Å²) in [5, 5.41) is 0. The van der Waals surface area contributed by atoms with Crippen LogP contribution >= 0.6 is 0 Å². The van der Waals surface area contributed by atoms with Gasteiger partial charge in [-0.15, -0.1) is 0 Å². The second-order valence-electron chi connectivity index (χ2n) is 4.16. The van der Waals surface area contributed by atoms with Crippen LogP contribution in [-0.2, 0) is 4.74 Å². The molecule has 0 saturated carbocycles. The maximum absolute atomic E-state index is 5.70. The highest BCUT2D eigenvalue weighted by molar-refractivity contribution is 5.27. The molecule has 0 aromatic rings. The molecule has 0 unspecified atom stereocenters.